The lowest BCUT2D eigenvalue weighted by molar-refractivity contribution is 0.0600. The normalized spacial score (nSPS) is 12.6. The zero-order valence-corrected chi connectivity index (χ0v) is 14.1. The summed E-state index contributed by atoms with van der Waals surface area (Å²) >= 11 is 0. The highest BCUT2D eigenvalue weighted by Crippen LogP contribution is 2.19. The Kier molecular flexibility index (Phi) is 5.69. The predicted octanol–water partition coefficient (Wildman–Crippen LogP) is 2.69. The van der Waals surface area contributed by atoms with Crippen LogP contribution < -0.4 is 4.72 Å². The molecule has 0 radical (unpaired) electrons. The minimum absolute atomic E-state index is 0.0321. The van der Waals surface area contributed by atoms with E-state index in [-0.39, 0.29) is 18.0 Å². The summed E-state index contributed by atoms with van der Waals surface area (Å²) in [6, 6.07) is 12.4. The van der Waals surface area contributed by atoms with Crippen molar-refractivity contribution in [3.8, 4) is 0 Å². The molecule has 0 saturated carbocycles. The maximum atomic E-state index is 13.9. The van der Waals surface area contributed by atoms with E-state index >= 15 is 0 Å². The van der Waals surface area contributed by atoms with Crippen molar-refractivity contribution in [3.63, 3.8) is 0 Å². The summed E-state index contributed by atoms with van der Waals surface area (Å²) in [7, 11) is -2.92. The van der Waals surface area contributed by atoms with Crippen LogP contribution in [0.2, 0.25) is 0 Å². The van der Waals surface area contributed by atoms with E-state index in [0.717, 1.165) is 17.7 Å². The van der Waals surface area contributed by atoms with Crippen LogP contribution in [0.15, 0.2) is 53.4 Å². The van der Waals surface area contributed by atoms with Gasteiger partial charge in [-0.05, 0) is 29.7 Å². The van der Waals surface area contributed by atoms with E-state index in [1.807, 2.05) is 37.3 Å². The number of hydrogen-bond donors (Lipinski definition) is 1. The van der Waals surface area contributed by atoms with Gasteiger partial charge in [0.15, 0.2) is 0 Å². The molecule has 1 atom stereocenters. The van der Waals surface area contributed by atoms with Crippen molar-refractivity contribution in [2.24, 2.45) is 0 Å². The summed E-state index contributed by atoms with van der Waals surface area (Å²) in [5, 5.41) is 0. The molecule has 0 heterocycles. The molecule has 2 aromatic carbocycles. The molecule has 0 spiro atoms. The summed E-state index contributed by atoms with van der Waals surface area (Å²) < 4.78 is 45.5. The minimum atomic E-state index is -4.09. The smallest absolute Gasteiger partial charge is 0.337 e. The highest BCUT2D eigenvalue weighted by molar-refractivity contribution is 7.89. The van der Waals surface area contributed by atoms with Gasteiger partial charge in [0.1, 0.15) is 10.7 Å². The van der Waals surface area contributed by atoms with Crippen molar-refractivity contribution in [1.29, 1.82) is 0 Å². The van der Waals surface area contributed by atoms with E-state index in [4.69, 9.17) is 0 Å². The molecule has 0 aliphatic heterocycles. The SMILES string of the molecule is COC(=O)c1ccc(F)c(S(=O)(=O)NCC(C)c2ccccc2)c1. The van der Waals surface area contributed by atoms with Crippen LogP contribution in [0, 0.1) is 5.82 Å². The second kappa shape index (κ2) is 7.55. The Labute approximate surface area is 140 Å². The average Bonchev–Trinajstić information content (AvgIpc) is 2.60. The number of rotatable bonds is 6. The van der Waals surface area contributed by atoms with E-state index in [2.05, 4.69) is 9.46 Å². The fraction of sp³-hybridized carbons (Fsp3) is 0.235. The van der Waals surface area contributed by atoms with Gasteiger partial charge in [-0.15, -0.1) is 0 Å². The Morgan fingerprint density at radius 1 is 1.21 bits per heavy atom. The van der Waals surface area contributed by atoms with Crippen LogP contribution in [0.4, 0.5) is 4.39 Å². The number of carbonyl (C=O) groups is 1. The Morgan fingerprint density at radius 3 is 2.50 bits per heavy atom. The second-order valence-corrected chi connectivity index (χ2v) is 7.04. The fourth-order valence-electron chi connectivity index (χ4n) is 2.17. The van der Waals surface area contributed by atoms with Gasteiger partial charge in [0.25, 0.3) is 0 Å². The van der Waals surface area contributed by atoms with Gasteiger partial charge in [-0.25, -0.2) is 22.3 Å². The van der Waals surface area contributed by atoms with Gasteiger partial charge < -0.3 is 4.74 Å². The lowest BCUT2D eigenvalue weighted by atomic mass is 10.0. The summed E-state index contributed by atoms with van der Waals surface area (Å²) in [6.07, 6.45) is 0. The average molecular weight is 351 g/mol. The Hall–Kier alpha value is -2.25. The molecule has 0 bridgehead atoms. The molecular weight excluding hydrogens is 333 g/mol. The number of esters is 1. The first-order valence-corrected chi connectivity index (χ1v) is 8.76. The summed E-state index contributed by atoms with van der Waals surface area (Å²) in [6.45, 7) is 1.97. The van der Waals surface area contributed by atoms with Crippen molar-refractivity contribution in [2.45, 2.75) is 17.7 Å². The van der Waals surface area contributed by atoms with E-state index in [0.29, 0.717) is 0 Å². The summed E-state index contributed by atoms with van der Waals surface area (Å²) in [5.41, 5.74) is 0.930. The van der Waals surface area contributed by atoms with E-state index in [1.54, 1.807) is 0 Å². The highest BCUT2D eigenvalue weighted by Gasteiger charge is 2.22. The first-order valence-electron chi connectivity index (χ1n) is 7.27. The van der Waals surface area contributed by atoms with E-state index in [1.165, 1.54) is 13.2 Å². The number of carbonyl (C=O) groups excluding carboxylic acids is 1. The van der Waals surface area contributed by atoms with Gasteiger partial charge in [-0.2, -0.15) is 0 Å². The molecule has 5 nitrogen and oxygen atoms in total. The van der Waals surface area contributed by atoms with E-state index in [9.17, 15) is 17.6 Å². The molecular formula is C17H18FNO4S. The first-order chi connectivity index (χ1) is 11.3. The van der Waals surface area contributed by atoms with Crippen LogP contribution in [-0.2, 0) is 14.8 Å². The lowest BCUT2D eigenvalue weighted by Gasteiger charge is -2.14. The van der Waals surface area contributed by atoms with Gasteiger partial charge in [-0.3, -0.25) is 0 Å². The molecule has 0 aromatic heterocycles. The largest absolute Gasteiger partial charge is 0.465 e. The number of nitrogens with one attached hydrogen (secondary N) is 1. The number of sulfonamides is 1. The maximum Gasteiger partial charge on any atom is 0.337 e. The number of methoxy groups -OCH3 is 1. The zero-order chi connectivity index (χ0) is 17.7. The minimum Gasteiger partial charge on any atom is -0.465 e. The highest BCUT2D eigenvalue weighted by atomic mass is 32.2. The molecule has 0 aliphatic carbocycles. The molecule has 24 heavy (non-hydrogen) atoms. The van der Waals surface area contributed by atoms with Gasteiger partial charge in [0.2, 0.25) is 10.0 Å². The van der Waals surface area contributed by atoms with Crippen molar-refractivity contribution in [1.82, 2.24) is 4.72 Å². The summed E-state index contributed by atoms with van der Waals surface area (Å²) in [4.78, 5) is 10.9. The molecule has 7 heteroatoms. The van der Waals surface area contributed by atoms with Gasteiger partial charge in [-0.1, -0.05) is 37.3 Å². The van der Waals surface area contributed by atoms with Gasteiger partial charge in [0.05, 0.1) is 12.7 Å². The molecule has 2 rings (SSSR count). The zero-order valence-electron chi connectivity index (χ0n) is 13.3. The third kappa shape index (κ3) is 4.18. The van der Waals surface area contributed by atoms with Crippen LogP contribution in [-0.4, -0.2) is 28.0 Å². The van der Waals surface area contributed by atoms with Crippen molar-refractivity contribution >= 4 is 16.0 Å². The lowest BCUT2D eigenvalue weighted by Crippen LogP contribution is -2.28. The monoisotopic (exact) mass is 351 g/mol. The first kappa shape index (κ1) is 18.1. The van der Waals surface area contributed by atoms with Crippen LogP contribution in [0.1, 0.15) is 28.8 Å². The molecule has 1 unspecified atom stereocenters. The van der Waals surface area contributed by atoms with Crippen molar-refractivity contribution in [3.05, 3.63) is 65.5 Å². The quantitative estimate of drug-likeness (QED) is 0.812. The third-order valence-electron chi connectivity index (χ3n) is 3.59. The molecule has 1 N–H and O–H groups in total. The molecule has 2 aromatic rings. The van der Waals surface area contributed by atoms with E-state index < -0.39 is 26.7 Å². The Balaban J connectivity index is 2.20. The molecule has 0 fully saturated rings. The van der Waals surface area contributed by atoms with Crippen molar-refractivity contribution < 1.29 is 22.3 Å². The van der Waals surface area contributed by atoms with Gasteiger partial charge >= 0.3 is 5.97 Å². The molecule has 0 aliphatic rings. The molecule has 0 amide bonds. The van der Waals surface area contributed by atoms with Crippen LogP contribution in [0.25, 0.3) is 0 Å². The Morgan fingerprint density at radius 2 is 1.88 bits per heavy atom. The molecule has 0 saturated heterocycles. The number of hydrogen-bond acceptors (Lipinski definition) is 4. The number of halogens is 1. The van der Waals surface area contributed by atoms with Crippen LogP contribution in [0.3, 0.4) is 0 Å². The predicted molar refractivity (Wildman–Crippen MR) is 87.8 cm³/mol. The fourth-order valence-corrected chi connectivity index (χ4v) is 3.40. The van der Waals surface area contributed by atoms with Crippen LogP contribution in [0.5, 0.6) is 0 Å². The third-order valence-corrected chi connectivity index (χ3v) is 5.03. The number of benzene rings is 2. The molecule has 128 valence electrons. The van der Waals surface area contributed by atoms with Crippen molar-refractivity contribution in [2.75, 3.05) is 13.7 Å². The maximum absolute atomic E-state index is 13.9. The topological polar surface area (TPSA) is 72.5 Å². The standard InChI is InChI=1S/C17H18FNO4S/c1-12(13-6-4-3-5-7-13)11-19-24(21,22)16-10-14(17(20)23-2)8-9-15(16)18/h3-10,12,19H,11H2,1-2H3. The Bertz CT molecular complexity index is 822. The van der Waals surface area contributed by atoms with Crippen LogP contribution >= 0.6 is 0 Å². The van der Waals surface area contributed by atoms with Gasteiger partial charge in [0, 0.05) is 6.54 Å². The summed E-state index contributed by atoms with van der Waals surface area (Å²) in [5.74, 6) is -1.75. The number of ether oxygens (including phenoxy) is 1. The second-order valence-electron chi connectivity index (χ2n) is 5.30.